The lowest BCUT2D eigenvalue weighted by atomic mass is 10.0. The van der Waals surface area contributed by atoms with Crippen molar-refractivity contribution in [2.45, 2.75) is 31.8 Å². The molecule has 0 aromatic heterocycles. The van der Waals surface area contributed by atoms with Crippen molar-refractivity contribution in [3.63, 3.8) is 0 Å². The summed E-state index contributed by atoms with van der Waals surface area (Å²) in [7, 11) is 0. The molecule has 2 rings (SSSR count). The number of nitrogens with zero attached hydrogens (tertiary/aromatic N) is 1. The van der Waals surface area contributed by atoms with Crippen LogP contribution in [0, 0.1) is 0 Å². The molecule has 0 radical (unpaired) electrons. The van der Waals surface area contributed by atoms with Gasteiger partial charge in [-0.05, 0) is 18.4 Å². The van der Waals surface area contributed by atoms with Gasteiger partial charge < -0.3 is 10.6 Å². The average molecular weight is 289 g/mol. The van der Waals surface area contributed by atoms with E-state index < -0.39 is 23.9 Å². The molecule has 0 spiro atoms. The summed E-state index contributed by atoms with van der Waals surface area (Å²) in [5, 5.41) is 2.24. The number of benzene rings is 1. The predicted octanol–water partition coefficient (Wildman–Crippen LogP) is -0.180. The Morgan fingerprint density at radius 2 is 2.05 bits per heavy atom. The molecule has 3 amide bonds. The minimum absolute atomic E-state index is 0.119. The van der Waals surface area contributed by atoms with Crippen LogP contribution < -0.4 is 11.1 Å². The Bertz CT molecular complexity index is 544. The van der Waals surface area contributed by atoms with Gasteiger partial charge in [0, 0.05) is 0 Å². The zero-order valence-corrected chi connectivity index (χ0v) is 11.9. The molecule has 1 aliphatic rings. The van der Waals surface area contributed by atoms with Crippen molar-refractivity contribution in [2.24, 2.45) is 5.73 Å². The van der Waals surface area contributed by atoms with Gasteiger partial charge in [-0.25, -0.2) is 0 Å². The van der Waals surface area contributed by atoms with Gasteiger partial charge in [-0.1, -0.05) is 37.3 Å². The number of hydrogen-bond donors (Lipinski definition) is 2. The quantitative estimate of drug-likeness (QED) is 0.752. The summed E-state index contributed by atoms with van der Waals surface area (Å²) in [6, 6.07) is 8.02. The SMILES string of the molecule is CCC1C(=O)NC(=O)CN1C(=O)C(N)Cc1ccccc1. The number of rotatable bonds is 4. The maximum absolute atomic E-state index is 12.4. The first kappa shape index (κ1) is 15.2. The molecule has 2 atom stereocenters. The maximum Gasteiger partial charge on any atom is 0.249 e. The van der Waals surface area contributed by atoms with Crippen molar-refractivity contribution < 1.29 is 14.4 Å². The molecule has 112 valence electrons. The first-order chi connectivity index (χ1) is 10.0. The highest BCUT2D eigenvalue weighted by Gasteiger charge is 2.37. The van der Waals surface area contributed by atoms with Crippen molar-refractivity contribution in [3.05, 3.63) is 35.9 Å². The first-order valence-corrected chi connectivity index (χ1v) is 6.96. The lowest BCUT2D eigenvalue weighted by molar-refractivity contribution is -0.150. The molecule has 2 unspecified atom stereocenters. The van der Waals surface area contributed by atoms with Crippen LogP contribution >= 0.6 is 0 Å². The second-order valence-electron chi connectivity index (χ2n) is 5.10. The third-order valence-corrected chi connectivity index (χ3v) is 3.54. The van der Waals surface area contributed by atoms with Gasteiger partial charge in [-0.2, -0.15) is 0 Å². The third-order valence-electron chi connectivity index (χ3n) is 3.54. The van der Waals surface area contributed by atoms with Crippen LogP contribution in [-0.2, 0) is 20.8 Å². The number of amides is 3. The molecule has 1 aliphatic heterocycles. The molecular weight excluding hydrogens is 270 g/mol. The van der Waals surface area contributed by atoms with E-state index in [2.05, 4.69) is 5.32 Å². The van der Waals surface area contributed by atoms with Crippen molar-refractivity contribution in [2.75, 3.05) is 6.54 Å². The van der Waals surface area contributed by atoms with Crippen molar-refractivity contribution in [1.29, 1.82) is 0 Å². The van der Waals surface area contributed by atoms with Gasteiger partial charge in [-0.15, -0.1) is 0 Å². The van der Waals surface area contributed by atoms with Gasteiger partial charge in [0.25, 0.3) is 0 Å². The van der Waals surface area contributed by atoms with Crippen LogP contribution in [-0.4, -0.2) is 41.2 Å². The molecule has 1 saturated heterocycles. The van der Waals surface area contributed by atoms with Gasteiger partial charge in [0.2, 0.25) is 17.7 Å². The second-order valence-corrected chi connectivity index (χ2v) is 5.10. The van der Waals surface area contributed by atoms with Gasteiger partial charge >= 0.3 is 0 Å². The number of piperazine rings is 1. The Morgan fingerprint density at radius 3 is 2.67 bits per heavy atom. The number of hydrogen-bond acceptors (Lipinski definition) is 4. The highest BCUT2D eigenvalue weighted by molar-refractivity contribution is 6.04. The van der Waals surface area contributed by atoms with Crippen LogP contribution in [0.3, 0.4) is 0 Å². The van der Waals surface area contributed by atoms with E-state index in [0.717, 1.165) is 5.56 Å². The van der Waals surface area contributed by atoms with Crippen LogP contribution in [0.1, 0.15) is 18.9 Å². The fraction of sp³-hybridized carbons (Fsp3) is 0.400. The summed E-state index contributed by atoms with van der Waals surface area (Å²) in [4.78, 5) is 36.9. The molecule has 6 nitrogen and oxygen atoms in total. The topological polar surface area (TPSA) is 92.5 Å². The lowest BCUT2D eigenvalue weighted by Gasteiger charge is -2.35. The number of nitrogens with two attached hydrogens (primary N) is 1. The minimum atomic E-state index is -0.764. The highest BCUT2D eigenvalue weighted by atomic mass is 16.2. The summed E-state index contributed by atoms with van der Waals surface area (Å²) in [5.41, 5.74) is 6.90. The van der Waals surface area contributed by atoms with Crippen LogP contribution in [0.4, 0.5) is 0 Å². The highest BCUT2D eigenvalue weighted by Crippen LogP contribution is 2.12. The zero-order chi connectivity index (χ0) is 15.4. The Labute approximate surface area is 123 Å². The van der Waals surface area contributed by atoms with Gasteiger partial charge in [0.15, 0.2) is 0 Å². The van der Waals surface area contributed by atoms with Gasteiger partial charge in [0.1, 0.15) is 12.6 Å². The van der Waals surface area contributed by atoms with Gasteiger partial charge in [0.05, 0.1) is 6.04 Å². The Hall–Kier alpha value is -2.21. The van der Waals surface area contributed by atoms with Crippen molar-refractivity contribution in [3.8, 4) is 0 Å². The molecule has 0 bridgehead atoms. The zero-order valence-electron chi connectivity index (χ0n) is 11.9. The van der Waals surface area contributed by atoms with Crippen molar-refractivity contribution in [1.82, 2.24) is 10.2 Å². The van der Waals surface area contributed by atoms with E-state index in [1.165, 1.54) is 4.90 Å². The Balaban J connectivity index is 2.09. The fourth-order valence-corrected chi connectivity index (χ4v) is 2.47. The average Bonchev–Trinajstić information content (AvgIpc) is 2.46. The van der Waals surface area contributed by atoms with Crippen LogP contribution in [0.15, 0.2) is 30.3 Å². The summed E-state index contributed by atoms with van der Waals surface area (Å²) >= 11 is 0. The first-order valence-electron chi connectivity index (χ1n) is 6.96. The van der Waals surface area contributed by atoms with Crippen molar-refractivity contribution >= 4 is 17.7 Å². The summed E-state index contributed by atoms with van der Waals surface area (Å²) in [5.74, 6) is -1.27. The largest absolute Gasteiger partial charge is 0.320 e. The van der Waals surface area contributed by atoms with Crippen LogP contribution in [0.25, 0.3) is 0 Å². The molecule has 1 aromatic carbocycles. The molecular formula is C15H19N3O3. The standard InChI is InChI=1S/C15H19N3O3/c1-2-12-14(20)17-13(19)9-18(12)15(21)11(16)8-10-6-4-3-5-7-10/h3-7,11-12H,2,8-9,16H2,1H3,(H,17,19,20). The summed E-state index contributed by atoms with van der Waals surface area (Å²) < 4.78 is 0. The predicted molar refractivity (Wildman–Crippen MR) is 77.1 cm³/mol. The third kappa shape index (κ3) is 3.46. The van der Waals surface area contributed by atoms with E-state index in [4.69, 9.17) is 5.73 Å². The van der Waals surface area contributed by atoms with E-state index >= 15 is 0 Å². The Kier molecular flexibility index (Phi) is 4.70. The van der Waals surface area contributed by atoms with E-state index in [0.29, 0.717) is 12.8 Å². The van der Waals surface area contributed by atoms with E-state index in [-0.39, 0.29) is 12.5 Å². The molecule has 1 heterocycles. The molecule has 1 fully saturated rings. The van der Waals surface area contributed by atoms with E-state index in [1.54, 1.807) is 6.92 Å². The van der Waals surface area contributed by atoms with Gasteiger partial charge in [-0.3, -0.25) is 19.7 Å². The summed E-state index contributed by atoms with van der Waals surface area (Å²) in [6.45, 7) is 1.68. The number of carbonyl (C=O) groups excluding carboxylic acids is 3. The van der Waals surface area contributed by atoms with E-state index in [9.17, 15) is 14.4 Å². The second kappa shape index (κ2) is 6.49. The number of carbonyl (C=O) groups is 3. The lowest BCUT2D eigenvalue weighted by Crippen LogP contribution is -2.62. The molecule has 1 aromatic rings. The fourth-order valence-electron chi connectivity index (χ4n) is 2.47. The number of nitrogens with one attached hydrogen (secondary N) is 1. The molecule has 0 aliphatic carbocycles. The molecule has 6 heteroatoms. The van der Waals surface area contributed by atoms with Crippen LogP contribution in [0.5, 0.6) is 0 Å². The smallest absolute Gasteiger partial charge is 0.249 e. The number of imide groups is 1. The van der Waals surface area contributed by atoms with Crippen LogP contribution in [0.2, 0.25) is 0 Å². The maximum atomic E-state index is 12.4. The van der Waals surface area contributed by atoms with E-state index in [1.807, 2.05) is 30.3 Å². The normalized spacial score (nSPS) is 20.1. The summed E-state index contributed by atoms with van der Waals surface area (Å²) in [6.07, 6.45) is 0.825. The Morgan fingerprint density at radius 1 is 1.38 bits per heavy atom. The monoisotopic (exact) mass is 289 g/mol. The molecule has 21 heavy (non-hydrogen) atoms. The molecule has 3 N–H and O–H groups in total. The molecule has 0 saturated carbocycles. The minimum Gasteiger partial charge on any atom is -0.320 e.